The van der Waals surface area contributed by atoms with Crippen LogP contribution in [0.5, 0.6) is 0 Å². The SMILES string of the molecule is Nc1ccc2cc3c(=O)c4cc(Cl)ccc4oc3nc2c1. The summed E-state index contributed by atoms with van der Waals surface area (Å²) < 4.78 is 5.72. The van der Waals surface area contributed by atoms with Gasteiger partial charge in [0.05, 0.1) is 16.3 Å². The summed E-state index contributed by atoms with van der Waals surface area (Å²) in [5.74, 6) is 0. The first-order valence-corrected chi connectivity index (χ1v) is 6.72. The first-order valence-electron chi connectivity index (χ1n) is 6.34. The maximum atomic E-state index is 12.6. The zero-order valence-corrected chi connectivity index (χ0v) is 11.5. The van der Waals surface area contributed by atoms with Crippen LogP contribution in [0.25, 0.3) is 33.0 Å². The molecule has 0 spiro atoms. The molecule has 0 bridgehead atoms. The topological polar surface area (TPSA) is 69.1 Å². The van der Waals surface area contributed by atoms with E-state index < -0.39 is 0 Å². The lowest BCUT2D eigenvalue weighted by Gasteiger charge is -2.04. The number of nitrogens with two attached hydrogens (primary N) is 1. The highest BCUT2D eigenvalue weighted by Gasteiger charge is 2.10. The van der Waals surface area contributed by atoms with Crippen LogP contribution in [0.2, 0.25) is 5.02 Å². The van der Waals surface area contributed by atoms with Gasteiger partial charge in [0.1, 0.15) is 5.58 Å². The first-order chi connectivity index (χ1) is 10.1. The summed E-state index contributed by atoms with van der Waals surface area (Å²) in [7, 11) is 0. The second-order valence-corrected chi connectivity index (χ2v) is 5.30. The van der Waals surface area contributed by atoms with Gasteiger partial charge >= 0.3 is 0 Å². The van der Waals surface area contributed by atoms with Gasteiger partial charge < -0.3 is 10.2 Å². The van der Waals surface area contributed by atoms with E-state index in [9.17, 15) is 4.79 Å². The summed E-state index contributed by atoms with van der Waals surface area (Å²) in [5, 5.41) is 2.22. The number of halogens is 1. The fourth-order valence-electron chi connectivity index (χ4n) is 2.42. The maximum absolute atomic E-state index is 12.6. The van der Waals surface area contributed by atoms with E-state index in [-0.39, 0.29) is 5.43 Å². The van der Waals surface area contributed by atoms with Crippen LogP contribution in [0.15, 0.2) is 51.7 Å². The highest BCUT2D eigenvalue weighted by atomic mass is 35.5. The van der Waals surface area contributed by atoms with E-state index in [0.717, 1.165) is 5.39 Å². The monoisotopic (exact) mass is 296 g/mol. The number of hydrogen-bond acceptors (Lipinski definition) is 4. The van der Waals surface area contributed by atoms with Crippen molar-refractivity contribution in [2.75, 3.05) is 5.73 Å². The zero-order valence-electron chi connectivity index (χ0n) is 10.8. The number of benzene rings is 2. The summed E-state index contributed by atoms with van der Waals surface area (Å²) in [5.41, 5.74) is 7.69. The van der Waals surface area contributed by atoms with Crippen molar-refractivity contribution in [3.63, 3.8) is 0 Å². The van der Waals surface area contributed by atoms with Crippen LogP contribution >= 0.6 is 11.6 Å². The van der Waals surface area contributed by atoms with Gasteiger partial charge in [-0.3, -0.25) is 4.79 Å². The minimum atomic E-state index is -0.139. The average Bonchev–Trinajstić information content (AvgIpc) is 2.47. The van der Waals surface area contributed by atoms with E-state index >= 15 is 0 Å². The fourth-order valence-corrected chi connectivity index (χ4v) is 2.60. The molecular formula is C16H9ClN2O2. The molecule has 0 aliphatic carbocycles. The van der Waals surface area contributed by atoms with Crippen LogP contribution in [0, 0.1) is 0 Å². The van der Waals surface area contributed by atoms with Gasteiger partial charge in [0.2, 0.25) is 11.1 Å². The fraction of sp³-hybridized carbons (Fsp3) is 0. The van der Waals surface area contributed by atoms with Crippen molar-refractivity contribution >= 4 is 50.3 Å². The number of hydrogen-bond donors (Lipinski definition) is 1. The van der Waals surface area contributed by atoms with Crippen molar-refractivity contribution in [1.29, 1.82) is 0 Å². The third-order valence-corrected chi connectivity index (χ3v) is 3.68. The molecule has 0 aliphatic rings. The van der Waals surface area contributed by atoms with Crippen molar-refractivity contribution in [2.45, 2.75) is 0 Å². The van der Waals surface area contributed by atoms with E-state index in [1.54, 1.807) is 36.4 Å². The van der Waals surface area contributed by atoms with E-state index in [0.29, 0.717) is 38.3 Å². The molecule has 21 heavy (non-hydrogen) atoms. The minimum absolute atomic E-state index is 0.139. The summed E-state index contributed by atoms with van der Waals surface area (Å²) in [4.78, 5) is 17.0. The van der Waals surface area contributed by atoms with Gasteiger partial charge in [0.25, 0.3) is 0 Å². The van der Waals surface area contributed by atoms with Gasteiger partial charge in [-0.2, -0.15) is 0 Å². The van der Waals surface area contributed by atoms with E-state index in [1.807, 2.05) is 6.07 Å². The predicted octanol–water partition coefficient (Wildman–Crippen LogP) is 3.73. The molecule has 2 N–H and O–H groups in total. The predicted molar refractivity (Wildman–Crippen MR) is 84.7 cm³/mol. The van der Waals surface area contributed by atoms with Gasteiger partial charge in [-0.25, -0.2) is 4.98 Å². The van der Waals surface area contributed by atoms with Gasteiger partial charge in [0, 0.05) is 16.1 Å². The van der Waals surface area contributed by atoms with Gasteiger partial charge in [0.15, 0.2) is 0 Å². The Bertz CT molecular complexity index is 1090. The number of aromatic nitrogens is 1. The number of nitrogens with zero attached hydrogens (tertiary/aromatic N) is 1. The largest absolute Gasteiger partial charge is 0.437 e. The second-order valence-electron chi connectivity index (χ2n) is 4.86. The second kappa shape index (κ2) is 4.20. The Hall–Kier alpha value is -2.59. The lowest BCUT2D eigenvalue weighted by atomic mass is 10.1. The van der Waals surface area contributed by atoms with Crippen molar-refractivity contribution < 1.29 is 4.42 Å². The van der Waals surface area contributed by atoms with Crippen molar-refractivity contribution in [3.05, 3.63) is 57.7 Å². The van der Waals surface area contributed by atoms with Crippen LogP contribution < -0.4 is 11.2 Å². The summed E-state index contributed by atoms with van der Waals surface area (Å²) >= 11 is 5.94. The Morgan fingerprint density at radius 3 is 2.76 bits per heavy atom. The van der Waals surface area contributed by atoms with Gasteiger partial charge in [-0.1, -0.05) is 17.7 Å². The first kappa shape index (κ1) is 12.2. The molecular weight excluding hydrogens is 288 g/mol. The zero-order chi connectivity index (χ0) is 14.6. The Morgan fingerprint density at radius 2 is 1.90 bits per heavy atom. The number of anilines is 1. The molecule has 0 saturated heterocycles. The van der Waals surface area contributed by atoms with E-state index in [4.69, 9.17) is 21.8 Å². The van der Waals surface area contributed by atoms with E-state index in [2.05, 4.69) is 4.98 Å². The molecule has 2 heterocycles. The van der Waals surface area contributed by atoms with Crippen LogP contribution in [0.3, 0.4) is 0 Å². The molecule has 0 fully saturated rings. The standard InChI is InChI=1S/C16H9ClN2O2/c17-9-2-4-14-11(6-9)15(20)12-5-8-1-3-10(18)7-13(8)19-16(12)21-14/h1-7H,18H2. The molecule has 102 valence electrons. The summed E-state index contributed by atoms with van der Waals surface area (Å²) in [6.45, 7) is 0. The molecule has 0 amide bonds. The number of rotatable bonds is 0. The number of nitrogen functional groups attached to an aromatic ring is 1. The molecule has 0 aliphatic heterocycles. The molecule has 0 atom stereocenters. The van der Waals surface area contributed by atoms with Crippen LogP contribution in [-0.2, 0) is 0 Å². The molecule has 4 nitrogen and oxygen atoms in total. The number of pyridine rings is 1. The molecule has 2 aromatic carbocycles. The third-order valence-electron chi connectivity index (χ3n) is 3.44. The smallest absolute Gasteiger partial charge is 0.231 e. The molecule has 0 radical (unpaired) electrons. The molecule has 0 saturated carbocycles. The van der Waals surface area contributed by atoms with Crippen LogP contribution in [-0.4, -0.2) is 4.98 Å². The minimum Gasteiger partial charge on any atom is -0.437 e. The molecule has 4 rings (SSSR count). The highest BCUT2D eigenvalue weighted by Crippen LogP contribution is 2.24. The molecule has 5 heteroatoms. The van der Waals surface area contributed by atoms with Gasteiger partial charge in [-0.15, -0.1) is 0 Å². The Morgan fingerprint density at radius 1 is 1.05 bits per heavy atom. The quantitative estimate of drug-likeness (QED) is 0.396. The summed E-state index contributed by atoms with van der Waals surface area (Å²) in [6, 6.07) is 12.1. The van der Waals surface area contributed by atoms with Crippen LogP contribution in [0.1, 0.15) is 0 Å². The summed E-state index contributed by atoms with van der Waals surface area (Å²) in [6.07, 6.45) is 0. The van der Waals surface area contributed by atoms with Crippen molar-refractivity contribution in [1.82, 2.24) is 4.98 Å². The Kier molecular flexibility index (Phi) is 2.43. The molecule has 4 aromatic rings. The maximum Gasteiger partial charge on any atom is 0.231 e. The van der Waals surface area contributed by atoms with Gasteiger partial charge in [-0.05, 0) is 36.4 Å². The third kappa shape index (κ3) is 1.84. The van der Waals surface area contributed by atoms with E-state index in [1.165, 1.54) is 0 Å². The van der Waals surface area contributed by atoms with Crippen molar-refractivity contribution in [2.24, 2.45) is 0 Å². The lowest BCUT2D eigenvalue weighted by Crippen LogP contribution is -2.03. The highest BCUT2D eigenvalue weighted by molar-refractivity contribution is 6.31. The average molecular weight is 297 g/mol. The number of fused-ring (bicyclic) bond motifs is 3. The Balaban J connectivity index is 2.22. The van der Waals surface area contributed by atoms with Crippen LogP contribution in [0.4, 0.5) is 5.69 Å². The lowest BCUT2D eigenvalue weighted by molar-refractivity contribution is 0.647. The molecule has 2 aromatic heterocycles. The Labute approximate surface area is 123 Å². The molecule has 0 unspecified atom stereocenters. The van der Waals surface area contributed by atoms with Crippen molar-refractivity contribution in [3.8, 4) is 0 Å². The normalized spacial score (nSPS) is 11.5.